The Balaban J connectivity index is 2.04. The summed E-state index contributed by atoms with van der Waals surface area (Å²) in [4.78, 5) is 0. The number of rotatable bonds is 5. The van der Waals surface area contributed by atoms with Gasteiger partial charge >= 0.3 is 0 Å². The molecule has 2 heteroatoms. The van der Waals surface area contributed by atoms with Gasteiger partial charge in [0.25, 0.3) is 0 Å². The van der Waals surface area contributed by atoms with Crippen LogP contribution in [0, 0.1) is 0 Å². The van der Waals surface area contributed by atoms with Gasteiger partial charge in [-0.05, 0) is 17.5 Å². The van der Waals surface area contributed by atoms with Crippen LogP contribution in [0.1, 0.15) is 18.1 Å². The Labute approximate surface area is 138 Å². The van der Waals surface area contributed by atoms with Crippen molar-refractivity contribution in [2.45, 2.75) is 19.5 Å². The third-order valence-electron chi connectivity index (χ3n) is 4.18. The monoisotopic (exact) mass is 320 g/mol. The zero-order valence-corrected chi connectivity index (χ0v) is 14.2. The van der Waals surface area contributed by atoms with Gasteiger partial charge in [-0.15, -0.1) is 0 Å². The summed E-state index contributed by atoms with van der Waals surface area (Å²) < 4.78 is 13.9. The number of hydrogen-bond acceptors (Lipinski definition) is 1. The average Bonchev–Trinajstić information content (AvgIpc) is 2.64. The summed E-state index contributed by atoms with van der Waals surface area (Å²) in [6.07, 6.45) is 1.58. The normalized spacial score (nSPS) is 11.3. The van der Waals surface area contributed by atoms with Crippen molar-refractivity contribution in [3.8, 4) is 0 Å². The van der Waals surface area contributed by atoms with E-state index in [1.165, 1.54) is 5.56 Å². The largest absolute Gasteiger partial charge is 0.313 e. The van der Waals surface area contributed by atoms with E-state index >= 15 is 0 Å². The molecule has 0 unspecified atom stereocenters. The first-order valence-corrected chi connectivity index (χ1v) is 9.89. The third kappa shape index (κ3) is 3.46. The lowest BCUT2D eigenvalue weighted by Gasteiger charge is -2.19. The highest BCUT2D eigenvalue weighted by Gasteiger charge is 2.27. The van der Waals surface area contributed by atoms with Crippen molar-refractivity contribution in [3.05, 3.63) is 96.1 Å². The number of benzene rings is 3. The summed E-state index contributed by atoms with van der Waals surface area (Å²) in [7, 11) is -2.67. The predicted molar refractivity (Wildman–Crippen MR) is 99.3 cm³/mol. The van der Waals surface area contributed by atoms with Gasteiger partial charge < -0.3 is 4.57 Å². The molecular weight excluding hydrogens is 299 g/mol. The molecule has 0 aliphatic heterocycles. The second-order valence-electron chi connectivity index (χ2n) is 5.74. The lowest BCUT2D eigenvalue weighted by atomic mass is 10.1. The summed E-state index contributed by atoms with van der Waals surface area (Å²) >= 11 is 0. The Kier molecular flexibility index (Phi) is 4.79. The van der Waals surface area contributed by atoms with Gasteiger partial charge in [-0.3, -0.25) is 0 Å². The summed E-state index contributed by atoms with van der Waals surface area (Å²) in [6.45, 7) is 2.15. The minimum absolute atomic E-state index is 0.561. The molecule has 3 rings (SSSR count). The van der Waals surface area contributed by atoms with Crippen molar-refractivity contribution in [2.75, 3.05) is 0 Å². The maximum atomic E-state index is 13.9. The zero-order chi connectivity index (χ0) is 16.1. The van der Waals surface area contributed by atoms with Crippen molar-refractivity contribution < 1.29 is 4.57 Å². The fourth-order valence-corrected chi connectivity index (χ4v) is 5.50. The molecule has 0 aliphatic rings. The molecule has 0 saturated heterocycles. The zero-order valence-electron chi connectivity index (χ0n) is 13.4. The van der Waals surface area contributed by atoms with E-state index in [0.29, 0.717) is 6.16 Å². The van der Waals surface area contributed by atoms with Crippen molar-refractivity contribution in [1.29, 1.82) is 0 Å². The molecule has 0 fully saturated rings. The summed E-state index contributed by atoms with van der Waals surface area (Å²) in [6, 6.07) is 28.2. The third-order valence-corrected chi connectivity index (χ3v) is 7.26. The lowest BCUT2D eigenvalue weighted by molar-refractivity contribution is 0.586. The van der Waals surface area contributed by atoms with Gasteiger partial charge in [0.1, 0.15) is 7.14 Å². The molecule has 0 radical (unpaired) electrons. The van der Waals surface area contributed by atoms with Gasteiger partial charge in [-0.25, -0.2) is 0 Å². The van der Waals surface area contributed by atoms with Crippen molar-refractivity contribution in [3.63, 3.8) is 0 Å². The van der Waals surface area contributed by atoms with Crippen LogP contribution < -0.4 is 10.6 Å². The molecule has 116 valence electrons. The molecule has 0 bridgehead atoms. The summed E-state index contributed by atoms with van der Waals surface area (Å²) in [5.41, 5.74) is 2.43. The molecule has 0 amide bonds. The molecule has 0 heterocycles. The Hall–Kier alpha value is -2.11. The first-order chi connectivity index (χ1) is 11.2. The van der Waals surface area contributed by atoms with Crippen LogP contribution in [0.2, 0.25) is 0 Å². The number of aryl methyl sites for hydroxylation is 1. The number of hydrogen-bond donors (Lipinski definition) is 0. The highest BCUT2D eigenvalue weighted by molar-refractivity contribution is 7.78. The highest BCUT2D eigenvalue weighted by atomic mass is 31.2. The SMILES string of the molecule is CCc1ccc(CP(=O)(c2ccccc2)c2ccccc2)cc1. The predicted octanol–water partition coefficient (Wildman–Crippen LogP) is 4.76. The fourth-order valence-electron chi connectivity index (χ4n) is 2.81. The van der Waals surface area contributed by atoms with Gasteiger partial charge in [0.2, 0.25) is 0 Å². The molecule has 23 heavy (non-hydrogen) atoms. The van der Waals surface area contributed by atoms with E-state index in [0.717, 1.165) is 22.6 Å². The van der Waals surface area contributed by atoms with Crippen LogP contribution in [0.15, 0.2) is 84.9 Å². The Bertz CT molecular complexity index is 749. The Morgan fingerprint density at radius 1 is 0.652 bits per heavy atom. The summed E-state index contributed by atoms with van der Waals surface area (Å²) in [5.74, 6) is 0. The average molecular weight is 320 g/mol. The molecule has 0 spiro atoms. The molecule has 0 aliphatic carbocycles. The topological polar surface area (TPSA) is 17.1 Å². The van der Waals surface area contributed by atoms with Gasteiger partial charge in [-0.1, -0.05) is 91.9 Å². The first-order valence-electron chi connectivity index (χ1n) is 8.00. The van der Waals surface area contributed by atoms with Crippen molar-refractivity contribution in [1.82, 2.24) is 0 Å². The maximum Gasteiger partial charge on any atom is 0.147 e. The molecule has 0 aromatic heterocycles. The molecule has 3 aromatic rings. The van der Waals surface area contributed by atoms with E-state index in [9.17, 15) is 4.57 Å². The lowest BCUT2D eigenvalue weighted by Crippen LogP contribution is -2.17. The van der Waals surface area contributed by atoms with E-state index in [-0.39, 0.29) is 0 Å². The van der Waals surface area contributed by atoms with E-state index in [4.69, 9.17) is 0 Å². The maximum absolute atomic E-state index is 13.9. The van der Waals surface area contributed by atoms with E-state index in [2.05, 4.69) is 31.2 Å². The van der Waals surface area contributed by atoms with Crippen molar-refractivity contribution >= 4 is 17.8 Å². The minimum atomic E-state index is -2.67. The summed E-state index contributed by atoms with van der Waals surface area (Å²) in [5, 5.41) is 1.84. The van der Waals surface area contributed by atoms with Crippen LogP contribution in [0.25, 0.3) is 0 Å². The van der Waals surface area contributed by atoms with E-state index in [1.807, 2.05) is 60.7 Å². The van der Waals surface area contributed by atoms with Crippen LogP contribution in [0.5, 0.6) is 0 Å². The van der Waals surface area contributed by atoms with E-state index in [1.54, 1.807) is 0 Å². The smallest absolute Gasteiger partial charge is 0.147 e. The molecule has 0 saturated carbocycles. The van der Waals surface area contributed by atoms with E-state index < -0.39 is 7.14 Å². The van der Waals surface area contributed by atoms with Gasteiger partial charge in [-0.2, -0.15) is 0 Å². The first kappa shape index (κ1) is 15.8. The van der Waals surface area contributed by atoms with Gasteiger partial charge in [0.15, 0.2) is 0 Å². The highest BCUT2D eigenvalue weighted by Crippen LogP contribution is 2.46. The Morgan fingerprint density at radius 2 is 1.09 bits per heavy atom. The van der Waals surface area contributed by atoms with Crippen LogP contribution >= 0.6 is 7.14 Å². The molecule has 0 atom stereocenters. The van der Waals surface area contributed by atoms with Crippen LogP contribution in [0.3, 0.4) is 0 Å². The molecular formula is C21H21OP. The van der Waals surface area contributed by atoms with Crippen LogP contribution in [-0.4, -0.2) is 0 Å². The van der Waals surface area contributed by atoms with Crippen LogP contribution in [0.4, 0.5) is 0 Å². The van der Waals surface area contributed by atoms with Crippen molar-refractivity contribution in [2.24, 2.45) is 0 Å². The molecule has 0 N–H and O–H groups in total. The second kappa shape index (κ2) is 6.98. The van der Waals surface area contributed by atoms with Gasteiger partial charge in [0.05, 0.1) is 0 Å². The molecule has 3 aromatic carbocycles. The second-order valence-corrected chi connectivity index (χ2v) is 8.57. The quantitative estimate of drug-likeness (QED) is 0.619. The minimum Gasteiger partial charge on any atom is -0.313 e. The van der Waals surface area contributed by atoms with Gasteiger partial charge in [0, 0.05) is 16.8 Å². The standard InChI is InChI=1S/C21H21OP/c1-2-18-13-15-19(16-14-18)17-23(22,20-9-5-3-6-10-20)21-11-7-4-8-12-21/h3-16H,2,17H2,1H3. The van der Waals surface area contributed by atoms with Crippen LogP contribution in [-0.2, 0) is 17.1 Å². The molecule has 1 nitrogen and oxygen atoms in total. The fraction of sp³-hybridized carbons (Fsp3) is 0.143. The Morgan fingerprint density at radius 3 is 1.52 bits per heavy atom.